The molecule has 98 valence electrons. The van der Waals surface area contributed by atoms with Crippen molar-refractivity contribution in [1.82, 2.24) is 4.90 Å². The molecule has 0 aromatic rings. The third kappa shape index (κ3) is 2.95. The van der Waals surface area contributed by atoms with E-state index in [2.05, 4.69) is 34.6 Å². The Kier molecular flexibility index (Phi) is 3.82. The monoisotopic (exact) mass is 259 g/mol. The fourth-order valence-corrected chi connectivity index (χ4v) is 2.56. The van der Waals surface area contributed by atoms with E-state index in [0.29, 0.717) is 17.2 Å². The van der Waals surface area contributed by atoms with Crippen molar-refractivity contribution in [3.8, 4) is 0 Å². The molecule has 4 heteroatoms. The molecule has 1 N–H and O–H groups in total. The molecular weight excluding hydrogens is 238 g/mol. The van der Waals surface area contributed by atoms with Gasteiger partial charge in [0.15, 0.2) is 0 Å². The van der Waals surface area contributed by atoms with E-state index in [0.717, 1.165) is 13.0 Å². The first kappa shape index (κ1) is 14.4. The highest BCUT2D eigenvalue weighted by Gasteiger charge is 2.39. The normalized spacial score (nSPS) is 26.4. The molecule has 1 unspecified atom stereocenters. The van der Waals surface area contributed by atoms with Crippen LogP contribution in [-0.2, 0) is 4.79 Å². The second-order valence-electron chi connectivity index (χ2n) is 6.17. The lowest BCUT2D eigenvalue weighted by Gasteiger charge is -2.47. The van der Waals surface area contributed by atoms with Crippen LogP contribution < -0.4 is 0 Å². The van der Waals surface area contributed by atoms with Gasteiger partial charge in [-0.05, 0) is 39.0 Å². The van der Waals surface area contributed by atoms with Gasteiger partial charge in [-0.25, -0.2) is 4.79 Å². The zero-order valence-corrected chi connectivity index (χ0v) is 12.1. The van der Waals surface area contributed by atoms with Crippen LogP contribution in [-0.4, -0.2) is 28.1 Å². The Morgan fingerprint density at radius 2 is 2.06 bits per heavy atom. The molecule has 0 amide bonds. The molecule has 0 spiro atoms. The predicted molar refractivity (Wildman–Crippen MR) is 70.0 cm³/mol. The van der Waals surface area contributed by atoms with Crippen LogP contribution in [0.5, 0.6) is 0 Å². The smallest absolute Gasteiger partial charge is 0.334 e. The molecule has 0 bridgehead atoms. The van der Waals surface area contributed by atoms with Crippen molar-refractivity contribution in [3.63, 3.8) is 0 Å². The van der Waals surface area contributed by atoms with E-state index in [-0.39, 0.29) is 11.0 Å². The Balaban J connectivity index is 3.22. The van der Waals surface area contributed by atoms with Gasteiger partial charge in [-0.1, -0.05) is 25.4 Å². The summed E-state index contributed by atoms with van der Waals surface area (Å²) in [6, 6.07) is 0. The molecule has 0 saturated carbocycles. The van der Waals surface area contributed by atoms with Crippen LogP contribution in [0.2, 0.25) is 0 Å². The molecule has 3 nitrogen and oxygen atoms in total. The molecule has 1 aliphatic heterocycles. The van der Waals surface area contributed by atoms with Gasteiger partial charge >= 0.3 is 5.97 Å². The first-order chi connectivity index (χ1) is 7.60. The number of hydrogen-bond acceptors (Lipinski definition) is 2. The zero-order valence-electron chi connectivity index (χ0n) is 11.3. The largest absolute Gasteiger partial charge is 0.478 e. The third-order valence-electron chi connectivity index (χ3n) is 3.55. The molecular formula is C13H22ClNO2. The highest BCUT2D eigenvalue weighted by molar-refractivity contribution is 6.31. The Labute approximate surface area is 108 Å². The van der Waals surface area contributed by atoms with E-state index in [9.17, 15) is 9.90 Å². The van der Waals surface area contributed by atoms with E-state index in [1.807, 2.05) is 4.90 Å². The molecule has 0 fully saturated rings. The van der Waals surface area contributed by atoms with E-state index in [1.54, 1.807) is 0 Å². The summed E-state index contributed by atoms with van der Waals surface area (Å²) >= 11 is 6.24. The summed E-state index contributed by atoms with van der Waals surface area (Å²) in [5, 5.41) is 9.65. The van der Waals surface area contributed by atoms with Crippen LogP contribution in [0.25, 0.3) is 0 Å². The fourth-order valence-electron chi connectivity index (χ4n) is 2.10. The van der Waals surface area contributed by atoms with Crippen LogP contribution in [0.1, 0.15) is 47.5 Å². The van der Waals surface area contributed by atoms with Crippen LogP contribution >= 0.6 is 11.6 Å². The number of nitrogens with zero attached hydrogens (tertiary/aromatic N) is 1. The fraction of sp³-hybridized carbons (Fsp3) is 0.769. The summed E-state index contributed by atoms with van der Waals surface area (Å²) < 4.78 is 0. The Hall–Kier alpha value is -0.700. The van der Waals surface area contributed by atoms with Gasteiger partial charge in [-0.15, -0.1) is 0 Å². The first-order valence-electron chi connectivity index (χ1n) is 6.00. The topological polar surface area (TPSA) is 40.5 Å². The molecule has 0 saturated heterocycles. The molecule has 0 radical (unpaired) electrons. The maximum atomic E-state index is 11.3. The second kappa shape index (κ2) is 4.52. The van der Waals surface area contributed by atoms with E-state index < -0.39 is 5.97 Å². The van der Waals surface area contributed by atoms with E-state index in [1.165, 1.54) is 0 Å². The minimum absolute atomic E-state index is 0.0145. The van der Waals surface area contributed by atoms with Crippen molar-refractivity contribution in [1.29, 1.82) is 0 Å². The van der Waals surface area contributed by atoms with Crippen LogP contribution in [0.3, 0.4) is 0 Å². The number of hydrogen-bond donors (Lipinski definition) is 1. The lowest BCUT2D eigenvalue weighted by molar-refractivity contribution is -0.133. The molecule has 1 aliphatic rings. The number of halogens is 1. The summed E-state index contributed by atoms with van der Waals surface area (Å²) in [7, 11) is 0. The van der Waals surface area contributed by atoms with Crippen molar-refractivity contribution in [2.24, 2.45) is 5.41 Å². The van der Waals surface area contributed by atoms with Crippen molar-refractivity contribution >= 4 is 17.6 Å². The molecule has 1 rings (SSSR count). The quantitative estimate of drug-likeness (QED) is 0.773. The molecule has 17 heavy (non-hydrogen) atoms. The highest BCUT2D eigenvalue weighted by atomic mass is 35.5. The number of carboxylic acid groups (broad SMARTS) is 1. The lowest BCUT2D eigenvalue weighted by Crippen LogP contribution is -2.49. The SMILES string of the molecule is CCC1(C)CC(C(=O)O)=C(Cl)N(C(C)(C)C)C1. The first-order valence-corrected chi connectivity index (χ1v) is 6.38. The highest BCUT2D eigenvalue weighted by Crippen LogP contribution is 2.42. The number of aliphatic carboxylic acids is 1. The molecule has 0 aromatic carbocycles. The Bertz CT molecular complexity index is 357. The van der Waals surface area contributed by atoms with Gasteiger partial charge in [0, 0.05) is 12.1 Å². The maximum Gasteiger partial charge on any atom is 0.334 e. The van der Waals surface area contributed by atoms with Crippen molar-refractivity contribution < 1.29 is 9.90 Å². The van der Waals surface area contributed by atoms with Gasteiger partial charge in [0.2, 0.25) is 0 Å². The van der Waals surface area contributed by atoms with Crippen LogP contribution in [0.15, 0.2) is 10.7 Å². The summed E-state index contributed by atoms with van der Waals surface area (Å²) in [6.45, 7) is 11.2. The number of carbonyl (C=O) groups is 1. The standard InChI is InChI=1S/C13H22ClNO2/c1-6-13(5)7-9(11(16)17)10(14)15(8-13)12(2,3)4/h6-8H2,1-5H3,(H,16,17). The van der Waals surface area contributed by atoms with E-state index in [4.69, 9.17) is 11.6 Å². The minimum Gasteiger partial charge on any atom is -0.478 e. The van der Waals surface area contributed by atoms with Crippen molar-refractivity contribution in [2.75, 3.05) is 6.54 Å². The number of carboxylic acids is 1. The average Bonchev–Trinajstić information content (AvgIpc) is 2.19. The van der Waals surface area contributed by atoms with Gasteiger partial charge in [-0.2, -0.15) is 0 Å². The second-order valence-corrected chi connectivity index (χ2v) is 6.53. The lowest BCUT2D eigenvalue weighted by atomic mass is 9.77. The summed E-state index contributed by atoms with van der Waals surface area (Å²) in [5.41, 5.74) is 0.172. The molecule has 0 aliphatic carbocycles. The average molecular weight is 260 g/mol. The van der Waals surface area contributed by atoms with Gasteiger partial charge < -0.3 is 10.0 Å². The van der Waals surface area contributed by atoms with Crippen molar-refractivity contribution in [2.45, 2.75) is 53.0 Å². The molecule has 1 atom stereocenters. The summed E-state index contributed by atoms with van der Waals surface area (Å²) in [4.78, 5) is 13.3. The minimum atomic E-state index is -0.899. The maximum absolute atomic E-state index is 11.3. The van der Waals surface area contributed by atoms with Crippen molar-refractivity contribution in [3.05, 3.63) is 10.7 Å². The number of rotatable bonds is 2. The Morgan fingerprint density at radius 1 is 1.53 bits per heavy atom. The Morgan fingerprint density at radius 3 is 2.41 bits per heavy atom. The van der Waals surface area contributed by atoms with Gasteiger partial charge in [0.25, 0.3) is 0 Å². The van der Waals surface area contributed by atoms with E-state index >= 15 is 0 Å². The molecule has 1 heterocycles. The van der Waals surface area contributed by atoms with Crippen LogP contribution in [0, 0.1) is 5.41 Å². The predicted octanol–water partition coefficient (Wildman–Crippen LogP) is 3.44. The zero-order chi connectivity index (χ0) is 13.4. The van der Waals surface area contributed by atoms with Gasteiger partial charge in [0.05, 0.1) is 5.57 Å². The van der Waals surface area contributed by atoms with Gasteiger partial charge in [0.1, 0.15) is 5.16 Å². The van der Waals surface area contributed by atoms with Crippen LogP contribution in [0.4, 0.5) is 0 Å². The third-order valence-corrected chi connectivity index (χ3v) is 3.98. The van der Waals surface area contributed by atoms with Gasteiger partial charge in [-0.3, -0.25) is 0 Å². The summed E-state index contributed by atoms with van der Waals surface area (Å²) in [5.74, 6) is -0.899. The summed E-state index contributed by atoms with van der Waals surface area (Å²) in [6.07, 6.45) is 1.49. The molecule has 0 aromatic heterocycles.